The minimum Gasteiger partial charge on any atom is -0.507 e. The van der Waals surface area contributed by atoms with Gasteiger partial charge < -0.3 is 14.4 Å². The van der Waals surface area contributed by atoms with Crippen LogP contribution in [0.2, 0.25) is 0 Å². The Balaban J connectivity index is 1.24. The summed E-state index contributed by atoms with van der Waals surface area (Å²) >= 11 is 0. The molecule has 0 spiro atoms. The van der Waals surface area contributed by atoms with Gasteiger partial charge in [-0.15, -0.1) is 0 Å². The van der Waals surface area contributed by atoms with Crippen molar-refractivity contribution in [2.45, 2.75) is 0 Å². The average Bonchev–Trinajstić information content (AvgIpc) is 3.55. The Morgan fingerprint density at radius 2 is 1.02 bits per heavy atom. The first kappa shape index (κ1) is 28.6. The summed E-state index contributed by atoms with van der Waals surface area (Å²) in [6.45, 7) is 0. The van der Waals surface area contributed by atoms with E-state index in [-0.39, 0.29) is 5.75 Å². The predicted molar refractivity (Wildman–Crippen MR) is 204 cm³/mol. The number of para-hydroxylation sites is 3. The van der Waals surface area contributed by atoms with Crippen molar-refractivity contribution in [3.05, 3.63) is 182 Å². The van der Waals surface area contributed by atoms with Crippen LogP contribution in [0.25, 0.3) is 66.1 Å². The molecule has 3 nitrogen and oxygen atoms in total. The van der Waals surface area contributed by atoms with Crippen LogP contribution in [0.4, 0.5) is 17.1 Å². The third-order valence-electron chi connectivity index (χ3n) is 9.38. The second-order valence-electron chi connectivity index (χ2n) is 12.3. The molecule has 49 heavy (non-hydrogen) atoms. The monoisotopic (exact) mass is 629 g/mol. The second kappa shape index (κ2) is 11.9. The van der Waals surface area contributed by atoms with Gasteiger partial charge in [-0.2, -0.15) is 0 Å². The van der Waals surface area contributed by atoms with E-state index in [1.165, 1.54) is 16.3 Å². The van der Waals surface area contributed by atoms with Crippen LogP contribution < -0.4 is 4.90 Å². The van der Waals surface area contributed by atoms with Gasteiger partial charge in [0.2, 0.25) is 0 Å². The van der Waals surface area contributed by atoms with Crippen molar-refractivity contribution in [2.75, 3.05) is 4.90 Å². The standard InChI is InChI=1S/C46H31NO2/c48-43-23-7-4-17-37(43)34-15-9-14-33(30-34)31-26-28-35(29-27-31)47(42-22-11-25-45-46(42)40-19-5-8-24-44(40)49-45)41-21-6-3-18-39(41)38-20-10-13-32-12-1-2-16-36(32)38/h1-30,48H. The molecular formula is C46H31NO2. The van der Waals surface area contributed by atoms with Gasteiger partial charge in [0, 0.05) is 22.2 Å². The third-order valence-corrected chi connectivity index (χ3v) is 9.38. The zero-order valence-corrected chi connectivity index (χ0v) is 26.6. The quantitative estimate of drug-likeness (QED) is 0.199. The maximum atomic E-state index is 10.5. The van der Waals surface area contributed by atoms with Crippen LogP contribution in [0.1, 0.15) is 0 Å². The molecule has 0 aliphatic heterocycles. The van der Waals surface area contributed by atoms with E-state index in [1.54, 1.807) is 6.07 Å². The topological polar surface area (TPSA) is 36.6 Å². The molecule has 0 amide bonds. The minimum atomic E-state index is 0.274. The molecule has 0 aliphatic carbocycles. The fourth-order valence-corrected chi connectivity index (χ4v) is 7.09. The summed E-state index contributed by atoms with van der Waals surface area (Å²) in [6.07, 6.45) is 0. The Morgan fingerprint density at radius 1 is 0.408 bits per heavy atom. The number of nitrogens with zero attached hydrogens (tertiary/aromatic N) is 1. The molecule has 0 unspecified atom stereocenters. The first-order valence-corrected chi connectivity index (χ1v) is 16.5. The maximum absolute atomic E-state index is 10.5. The zero-order chi connectivity index (χ0) is 32.7. The number of phenols is 1. The predicted octanol–water partition coefficient (Wildman–Crippen LogP) is 12.9. The van der Waals surface area contributed by atoms with E-state index in [1.807, 2.05) is 48.5 Å². The number of hydrogen-bond donors (Lipinski definition) is 1. The molecule has 1 N–H and O–H groups in total. The Labute approximate surface area is 284 Å². The van der Waals surface area contributed by atoms with Crippen molar-refractivity contribution in [1.82, 2.24) is 0 Å². The number of hydrogen-bond acceptors (Lipinski definition) is 3. The summed E-state index contributed by atoms with van der Waals surface area (Å²) in [5.41, 5.74) is 11.2. The molecule has 8 aromatic carbocycles. The highest BCUT2D eigenvalue weighted by Crippen LogP contribution is 2.47. The van der Waals surface area contributed by atoms with E-state index < -0.39 is 0 Å². The first-order valence-electron chi connectivity index (χ1n) is 16.5. The van der Waals surface area contributed by atoms with E-state index >= 15 is 0 Å². The molecule has 0 atom stereocenters. The van der Waals surface area contributed by atoms with E-state index in [2.05, 4.69) is 132 Å². The van der Waals surface area contributed by atoms with Crippen molar-refractivity contribution >= 4 is 49.8 Å². The maximum Gasteiger partial charge on any atom is 0.137 e. The second-order valence-corrected chi connectivity index (χ2v) is 12.3. The van der Waals surface area contributed by atoms with Gasteiger partial charge in [-0.1, -0.05) is 133 Å². The van der Waals surface area contributed by atoms with E-state index in [0.29, 0.717) is 0 Å². The van der Waals surface area contributed by atoms with Gasteiger partial charge in [-0.05, 0) is 81.6 Å². The number of aromatic hydroxyl groups is 1. The van der Waals surface area contributed by atoms with Crippen LogP contribution in [0.3, 0.4) is 0 Å². The Morgan fingerprint density at radius 3 is 1.90 bits per heavy atom. The minimum absolute atomic E-state index is 0.274. The summed E-state index contributed by atoms with van der Waals surface area (Å²) in [6, 6.07) is 62.9. The van der Waals surface area contributed by atoms with Crippen LogP contribution in [0.15, 0.2) is 186 Å². The first-order chi connectivity index (χ1) is 24.2. The molecule has 232 valence electrons. The molecule has 0 fully saturated rings. The highest BCUT2D eigenvalue weighted by atomic mass is 16.3. The van der Waals surface area contributed by atoms with E-state index in [9.17, 15) is 5.11 Å². The Kier molecular flexibility index (Phi) is 6.95. The van der Waals surface area contributed by atoms with Crippen LogP contribution in [-0.4, -0.2) is 5.11 Å². The van der Waals surface area contributed by atoms with Crippen LogP contribution in [-0.2, 0) is 0 Å². The highest BCUT2D eigenvalue weighted by molar-refractivity contribution is 6.14. The molecule has 9 aromatic rings. The van der Waals surface area contributed by atoms with E-state index in [4.69, 9.17) is 4.42 Å². The normalized spacial score (nSPS) is 11.3. The number of furan rings is 1. The van der Waals surface area contributed by atoms with Gasteiger partial charge in [-0.3, -0.25) is 0 Å². The van der Waals surface area contributed by atoms with Gasteiger partial charge in [0.05, 0.1) is 16.8 Å². The molecule has 0 saturated carbocycles. The molecule has 0 saturated heterocycles. The lowest BCUT2D eigenvalue weighted by Gasteiger charge is -2.29. The van der Waals surface area contributed by atoms with Gasteiger partial charge >= 0.3 is 0 Å². The smallest absolute Gasteiger partial charge is 0.137 e. The summed E-state index contributed by atoms with van der Waals surface area (Å²) in [5, 5.41) is 15.1. The number of rotatable bonds is 6. The average molecular weight is 630 g/mol. The fourth-order valence-electron chi connectivity index (χ4n) is 7.09. The van der Waals surface area contributed by atoms with Crippen molar-refractivity contribution in [3.63, 3.8) is 0 Å². The number of benzene rings is 8. The molecule has 1 aromatic heterocycles. The molecule has 9 rings (SSSR count). The van der Waals surface area contributed by atoms with Crippen LogP contribution >= 0.6 is 0 Å². The molecule has 0 aliphatic rings. The molecule has 0 radical (unpaired) electrons. The molecule has 3 heteroatoms. The third kappa shape index (κ3) is 5.00. The lowest BCUT2D eigenvalue weighted by Crippen LogP contribution is -2.11. The highest BCUT2D eigenvalue weighted by Gasteiger charge is 2.22. The summed E-state index contributed by atoms with van der Waals surface area (Å²) in [7, 11) is 0. The van der Waals surface area contributed by atoms with Gasteiger partial charge in [0.15, 0.2) is 0 Å². The van der Waals surface area contributed by atoms with E-state index in [0.717, 1.165) is 66.8 Å². The van der Waals surface area contributed by atoms with Crippen molar-refractivity contribution in [1.29, 1.82) is 0 Å². The van der Waals surface area contributed by atoms with Crippen LogP contribution in [0, 0.1) is 0 Å². The summed E-state index contributed by atoms with van der Waals surface area (Å²) in [4.78, 5) is 2.36. The number of anilines is 3. The number of fused-ring (bicyclic) bond motifs is 4. The number of phenolic OH excluding ortho intramolecular Hbond substituents is 1. The Hall–Kier alpha value is -6.58. The Bertz CT molecular complexity index is 2630. The van der Waals surface area contributed by atoms with Crippen molar-refractivity contribution in [3.8, 4) is 39.1 Å². The zero-order valence-electron chi connectivity index (χ0n) is 26.6. The van der Waals surface area contributed by atoms with Gasteiger partial charge in [-0.25, -0.2) is 0 Å². The summed E-state index contributed by atoms with van der Waals surface area (Å²) < 4.78 is 6.38. The van der Waals surface area contributed by atoms with Gasteiger partial charge in [0.25, 0.3) is 0 Å². The molecular weight excluding hydrogens is 599 g/mol. The lowest BCUT2D eigenvalue weighted by atomic mass is 9.95. The van der Waals surface area contributed by atoms with Crippen molar-refractivity contribution in [2.24, 2.45) is 0 Å². The molecule has 0 bridgehead atoms. The summed E-state index contributed by atoms with van der Waals surface area (Å²) in [5.74, 6) is 0.274. The largest absolute Gasteiger partial charge is 0.507 e. The van der Waals surface area contributed by atoms with Gasteiger partial charge in [0.1, 0.15) is 16.9 Å². The van der Waals surface area contributed by atoms with Crippen LogP contribution in [0.5, 0.6) is 5.75 Å². The molecule has 1 heterocycles. The van der Waals surface area contributed by atoms with Crippen molar-refractivity contribution < 1.29 is 9.52 Å². The fraction of sp³-hybridized carbons (Fsp3) is 0. The lowest BCUT2D eigenvalue weighted by molar-refractivity contribution is 0.477. The SMILES string of the molecule is Oc1ccccc1-c1cccc(-c2ccc(N(c3ccccc3-c3cccc4ccccc34)c3cccc4oc5ccccc5c34)cc2)c1.